The van der Waals surface area contributed by atoms with E-state index in [1.165, 1.54) is 19.3 Å². The van der Waals surface area contributed by atoms with Gasteiger partial charge < -0.3 is 15.2 Å². The van der Waals surface area contributed by atoms with Crippen molar-refractivity contribution in [3.8, 4) is 0 Å². The van der Waals surface area contributed by atoms with Gasteiger partial charge >= 0.3 is 0 Å². The maximum atomic E-state index is 4.35. The maximum Gasteiger partial charge on any atom is 0.191 e. The van der Waals surface area contributed by atoms with E-state index in [0.29, 0.717) is 6.04 Å². The minimum absolute atomic E-state index is 0.557. The Morgan fingerprint density at radius 2 is 1.82 bits per heavy atom. The van der Waals surface area contributed by atoms with Crippen LogP contribution in [0.2, 0.25) is 0 Å². The Bertz CT molecular complexity index is 431. The Kier molecular flexibility index (Phi) is 6.68. The van der Waals surface area contributed by atoms with Crippen molar-refractivity contribution < 1.29 is 0 Å². The summed E-state index contributed by atoms with van der Waals surface area (Å²) in [4.78, 5) is 4.35. The van der Waals surface area contributed by atoms with E-state index in [4.69, 9.17) is 0 Å². The van der Waals surface area contributed by atoms with Gasteiger partial charge in [-0.2, -0.15) is 0 Å². The summed E-state index contributed by atoms with van der Waals surface area (Å²) < 4.78 is 2.01. The zero-order chi connectivity index (χ0) is 15.8. The summed E-state index contributed by atoms with van der Waals surface area (Å²) in [6.45, 7) is 6.62. The van der Waals surface area contributed by atoms with Gasteiger partial charge in [0.1, 0.15) is 12.7 Å². The van der Waals surface area contributed by atoms with E-state index >= 15 is 0 Å². The second-order valence-electron chi connectivity index (χ2n) is 6.66. The second kappa shape index (κ2) is 8.76. The summed E-state index contributed by atoms with van der Waals surface area (Å²) in [5.41, 5.74) is 0. The van der Waals surface area contributed by atoms with Gasteiger partial charge in [0.2, 0.25) is 0 Å². The molecule has 2 rings (SSSR count). The number of aryl methyl sites for hydroxylation is 1. The number of hydrogen-bond acceptors (Lipinski definition) is 3. The van der Waals surface area contributed by atoms with Crippen LogP contribution < -0.4 is 10.6 Å². The van der Waals surface area contributed by atoms with Gasteiger partial charge in [0.05, 0.1) is 0 Å². The Balaban J connectivity index is 1.62. The molecule has 1 aromatic heterocycles. The summed E-state index contributed by atoms with van der Waals surface area (Å²) in [5, 5.41) is 14.6. The summed E-state index contributed by atoms with van der Waals surface area (Å²) in [5.74, 6) is 2.56. The minimum atomic E-state index is 0.557. The third kappa shape index (κ3) is 5.66. The number of unbranched alkanes of at least 4 members (excludes halogenated alkanes) is 1. The standard InChI is InChI=1S/C16H30N6/c1-13-8-14(2)10-15(9-13)21-16(17-3)18-6-4-5-7-22-11-19-20-12-22/h11-15H,4-10H2,1-3H3,(H2,17,18,21). The molecule has 1 saturated carbocycles. The minimum Gasteiger partial charge on any atom is -0.356 e. The zero-order valence-corrected chi connectivity index (χ0v) is 14.1. The molecule has 6 nitrogen and oxygen atoms in total. The van der Waals surface area contributed by atoms with Gasteiger partial charge in [-0.25, -0.2) is 0 Å². The number of nitrogens with zero attached hydrogens (tertiary/aromatic N) is 4. The Hall–Kier alpha value is -1.59. The van der Waals surface area contributed by atoms with Crippen molar-refractivity contribution in [1.82, 2.24) is 25.4 Å². The predicted octanol–water partition coefficient (Wildman–Crippen LogP) is 2.05. The Labute approximate surface area is 133 Å². The van der Waals surface area contributed by atoms with Gasteiger partial charge in [-0.3, -0.25) is 4.99 Å². The van der Waals surface area contributed by atoms with E-state index in [1.807, 2.05) is 11.6 Å². The average molecular weight is 306 g/mol. The van der Waals surface area contributed by atoms with E-state index in [1.54, 1.807) is 12.7 Å². The first-order valence-electron chi connectivity index (χ1n) is 8.47. The van der Waals surface area contributed by atoms with Crippen LogP contribution in [0.25, 0.3) is 0 Å². The van der Waals surface area contributed by atoms with Crippen molar-refractivity contribution in [2.45, 2.75) is 58.5 Å². The van der Waals surface area contributed by atoms with E-state index in [-0.39, 0.29) is 0 Å². The number of nitrogens with one attached hydrogen (secondary N) is 2. The van der Waals surface area contributed by atoms with Crippen molar-refractivity contribution in [3.63, 3.8) is 0 Å². The van der Waals surface area contributed by atoms with Crippen LogP contribution in [0.3, 0.4) is 0 Å². The van der Waals surface area contributed by atoms with Crippen LogP contribution >= 0.6 is 0 Å². The van der Waals surface area contributed by atoms with Gasteiger partial charge in [-0.15, -0.1) is 10.2 Å². The molecule has 2 unspecified atom stereocenters. The molecule has 1 fully saturated rings. The highest BCUT2D eigenvalue weighted by molar-refractivity contribution is 5.79. The highest BCUT2D eigenvalue weighted by Crippen LogP contribution is 2.28. The van der Waals surface area contributed by atoms with Crippen LogP contribution in [0.1, 0.15) is 46.0 Å². The first-order valence-corrected chi connectivity index (χ1v) is 8.47. The van der Waals surface area contributed by atoms with E-state index in [0.717, 1.165) is 43.7 Å². The molecular weight excluding hydrogens is 276 g/mol. The molecule has 6 heteroatoms. The molecule has 1 heterocycles. The third-order valence-electron chi connectivity index (χ3n) is 4.35. The van der Waals surface area contributed by atoms with Crippen molar-refractivity contribution in [1.29, 1.82) is 0 Å². The fourth-order valence-electron chi connectivity index (χ4n) is 3.42. The van der Waals surface area contributed by atoms with Crippen molar-refractivity contribution in [3.05, 3.63) is 12.7 Å². The van der Waals surface area contributed by atoms with Gasteiger partial charge in [0.15, 0.2) is 5.96 Å². The molecule has 0 radical (unpaired) electrons. The molecule has 124 valence electrons. The second-order valence-corrected chi connectivity index (χ2v) is 6.66. The lowest BCUT2D eigenvalue weighted by molar-refractivity contribution is 0.255. The number of hydrogen-bond donors (Lipinski definition) is 2. The van der Waals surface area contributed by atoms with Gasteiger partial charge in [-0.1, -0.05) is 13.8 Å². The molecule has 0 aromatic carbocycles. The Morgan fingerprint density at radius 3 is 2.45 bits per heavy atom. The molecule has 0 bridgehead atoms. The molecule has 2 atom stereocenters. The smallest absolute Gasteiger partial charge is 0.191 e. The van der Waals surface area contributed by atoms with Crippen LogP contribution in [-0.4, -0.2) is 40.4 Å². The largest absolute Gasteiger partial charge is 0.356 e. The van der Waals surface area contributed by atoms with Crippen molar-refractivity contribution >= 4 is 5.96 Å². The molecule has 22 heavy (non-hydrogen) atoms. The lowest BCUT2D eigenvalue weighted by Crippen LogP contribution is -2.46. The lowest BCUT2D eigenvalue weighted by Gasteiger charge is -2.32. The summed E-state index contributed by atoms with van der Waals surface area (Å²) in [7, 11) is 1.85. The molecule has 2 N–H and O–H groups in total. The van der Waals surface area contributed by atoms with Crippen LogP contribution in [0.4, 0.5) is 0 Å². The highest BCUT2D eigenvalue weighted by Gasteiger charge is 2.24. The molecule has 1 aliphatic rings. The molecular formula is C16H30N6. The first-order chi connectivity index (χ1) is 10.7. The SMILES string of the molecule is CN=C(NCCCCn1cnnc1)NC1CC(C)CC(C)C1. The highest BCUT2D eigenvalue weighted by atomic mass is 15.2. The van der Waals surface area contributed by atoms with Gasteiger partial charge in [0, 0.05) is 26.2 Å². The normalized spacial score (nSPS) is 26.0. The fourth-order valence-corrected chi connectivity index (χ4v) is 3.42. The first kappa shape index (κ1) is 16.8. The van der Waals surface area contributed by atoms with Crippen LogP contribution in [0, 0.1) is 11.8 Å². The molecule has 1 aromatic rings. The van der Waals surface area contributed by atoms with Crippen LogP contribution in [0.15, 0.2) is 17.6 Å². The third-order valence-corrected chi connectivity index (χ3v) is 4.35. The lowest BCUT2D eigenvalue weighted by atomic mass is 9.80. The summed E-state index contributed by atoms with van der Waals surface area (Å²) >= 11 is 0. The van der Waals surface area contributed by atoms with Crippen molar-refractivity contribution in [2.75, 3.05) is 13.6 Å². The number of guanidine groups is 1. The monoisotopic (exact) mass is 306 g/mol. The summed E-state index contributed by atoms with van der Waals surface area (Å²) in [6, 6.07) is 0.557. The molecule has 1 aliphatic carbocycles. The molecule has 0 aliphatic heterocycles. The summed E-state index contributed by atoms with van der Waals surface area (Å²) in [6.07, 6.45) is 9.60. The number of rotatable bonds is 6. The van der Waals surface area contributed by atoms with Crippen molar-refractivity contribution in [2.24, 2.45) is 16.8 Å². The van der Waals surface area contributed by atoms with Gasteiger partial charge in [0.25, 0.3) is 0 Å². The van der Waals surface area contributed by atoms with E-state index in [2.05, 4.69) is 39.7 Å². The molecule has 0 saturated heterocycles. The predicted molar refractivity (Wildman–Crippen MR) is 89.7 cm³/mol. The zero-order valence-electron chi connectivity index (χ0n) is 14.1. The fraction of sp³-hybridized carbons (Fsp3) is 0.812. The van der Waals surface area contributed by atoms with Gasteiger partial charge in [-0.05, 0) is 43.9 Å². The average Bonchev–Trinajstić information content (AvgIpc) is 2.98. The maximum absolute atomic E-state index is 4.35. The van der Waals surface area contributed by atoms with Crippen LogP contribution in [0.5, 0.6) is 0 Å². The van der Waals surface area contributed by atoms with Crippen LogP contribution in [-0.2, 0) is 6.54 Å². The Morgan fingerprint density at radius 1 is 1.14 bits per heavy atom. The topological polar surface area (TPSA) is 67.1 Å². The number of aliphatic imine (C=N–C) groups is 1. The van der Waals surface area contributed by atoms with E-state index in [9.17, 15) is 0 Å². The molecule has 0 amide bonds. The quantitative estimate of drug-likeness (QED) is 0.479. The molecule has 0 spiro atoms. The number of aromatic nitrogens is 3. The van der Waals surface area contributed by atoms with E-state index < -0.39 is 0 Å².